The van der Waals surface area contributed by atoms with Crippen molar-refractivity contribution in [3.05, 3.63) is 65.7 Å². The summed E-state index contributed by atoms with van der Waals surface area (Å²) in [6, 6.07) is 13.8. The number of benzene rings is 2. The maximum Gasteiger partial charge on any atom is 0.408 e. The lowest BCUT2D eigenvalue weighted by Gasteiger charge is -2.20. The molecular weight excluding hydrogens is 428 g/mol. The predicted octanol–water partition coefficient (Wildman–Crippen LogP) is 3.44. The summed E-state index contributed by atoms with van der Waals surface area (Å²) in [4.78, 5) is 48.7. The van der Waals surface area contributed by atoms with Crippen molar-refractivity contribution in [2.24, 2.45) is 0 Å². The smallest absolute Gasteiger partial charge is 0.408 e. The first kappa shape index (κ1) is 25.4. The van der Waals surface area contributed by atoms with E-state index in [4.69, 9.17) is 9.47 Å². The number of ether oxygens (including phenoxy) is 3. The van der Waals surface area contributed by atoms with Crippen LogP contribution in [-0.4, -0.2) is 42.7 Å². The SMILES string of the molecule is COC(=O)C[C@H](NC(=O)OCc1ccccc1)C(=O)Nc1ccc(C(=O)OC(C)(C)C)cc1. The van der Waals surface area contributed by atoms with E-state index in [1.165, 1.54) is 31.4 Å². The maximum absolute atomic E-state index is 12.7. The third kappa shape index (κ3) is 9.02. The minimum Gasteiger partial charge on any atom is -0.469 e. The number of hydrogen-bond donors (Lipinski definition) is 2. The monoisotopic (exact) mass is 456 g/mol. The normalized spacial score (nSPS) is 11.6. The van der Waals surface area contributed by atoms with Crippen LogP contribution in [0, 0.1) is 0 Å². The Labute approximate surface area is 192 Å². The lowest BCUT2D eigenvalue weighted by atomic mass is 10.1. The standard InChI is InChI=1S/C24H28N2O7/c1-24(2,3)33-22(29)17-10-12-18(13-11-17)25-21(28)19(14-20(27)31-4)26-23(30)32-15-16-8-6-5-7-9-16/h5-13,19H,14-15H2,1-4H3,(H,25,28)(H,26,30)/t19-/m0/s1. The van der Waals surface area contributed by atoms with Crippen molar-refractivity contribution in [1.82, 2.24) is 5.32 Å². The second-order valence-corrected chi connectivity index (χ2v) is 8.11. The molecule has 2 rings (SSSR count). The van der Waals surface area contributed by atoms with Gasteiger partial charge in [-0.05, 0) is 50.6 Å². The number of methoxy groups -OCH3 is 1. The molecule has 33 heavy (non-hydrogen) atoms. The van der Waals surface area contributed by atoms with Gasteiger partial charge in [-0.3, -0.25) is 9.59 Å². The largest absolute Gasteiger partial charge is 0.469 e. The highest BCUT2D eigenvalue weighted by Crippen LogP contribution is 2.15. The van der Waals surface area contributed by atoms with E-state index in [2.05, 4.69) is 15.4 Å². The second kappa shape index (κ2) is 11.7. The Morgan fingerprint density at radius 2 is 1.58 bits per heavy atom. The molecule has 0 aliphatic rings. The van der Waals surface area contributed by atoms with Crippen LogP contribution >= 0.6 is 0 Å². The fourth-order valence-corrected chi connectivity index (χ4v) is 2.62. The van der Waals surface area contributed by atoms with Gasteiger partial charge in [0.1, 0.15) is 18.2 Å². The molecule has 0 unspecified atom stereocenters. The lowest BCUT2D eigenvalue weighted by molar-refractivity contribution is -0.142. The minimum atomic E-state index is -1.23. The van der Waals surface area contributed by atoms with E-state index in [1.54, 1.807) is 45.0 Å². The van der Waals surface area contributed by atoms with Gasteiger partial charge in [-0.2, -0.15) is 0 Å². The second-order valence-electron chi connectivity index (χ2n) is 8.11. The van der Waals surface area contributed by atoms with Crippen molar-refractivity contribution in [2.45, 2.75) is 45.4 Å². The van der Waals surface area contributed by atoms with Crippen molar-refractivity contribution < 1.29 is 33.4 Å². The molecule has 1 atom stereocenters. The molecule has 0 saturated heterocycles. The number of carbonyl (C=O) groups is 4. The zero-order chi connectivity index (χ0) is 24.4. The highest BCUT2D eigenvalue weighted by atomic mass is 16.6. The highest BCUT2D eigenvalue weighted by Gasteiger charge is 2.25. The Morgan fingerprint density at radius 1 is 0.939 bits per heavy atom. The van der Waals surface area contributed by atoms with Crippen molar-refractivity contribution in [1.29, 1.82) is 0 Å². The van der Waals surface area contributed by atoms with E-state index in [0.717, 1.165) is 5.56 Å². The first-order chi connectivity index (χ1) is 15.6. The van der Waals surface area contributed by atoms with Gasteiger partial charge in [-0.25, -0.2) is 9.59 Å². The average Bonchev–Trinajstić information content (AvgIpc) is 2.77. The first-order valence-corrected chi connectivity index (χ1v) is 10.3. The fraction of sp³-hybridized carbons (Fsp3) is 0.333. The number of amides is 2. The van der Waals surface area contributed by atoms with Crippen molar-refractivity contribution in [3.8, 4) is 0 Å². The average molecular weight is 456 g/mol. The van der Waals surface area contributed by atoms with E-state index in [-0.39, 0.29) is 6.61 Å². The van der Waals surface area contributed by atoms with Crippen molar-refractivity contribution >= 4 is 29.6 Å². The number of carbonyl (C=O) groups excluding carboxylic acids is 4. The number of esters is 2. The van der Waals surface area contributed by atoms with Crippen LogP contribution in [0.4, 0.5) is 10.5 Å². The summed E-state index contributed by atoms with van der Waals surface area (Å²) in [5.41, 5.74) is 0.816. The van der Waals surface area contributed by atoms with E-state index in [0.29, 0.717) is 11.3 Å². The quantitative estimate of drug-likeness (QED) is 0.461. The highest BCUT2D eigenvalue weighted by molar-refractivity contribution is 5.99. The van der Waals surface area contributed by atoms with Crippen LogP contribution in [0.5, 0.6) is 0 Å². The topological polar surface area (TPSA) is 120 Å². The van der Waals surface area contributed by atoms with Crippen LogP contribution in [0.25, 0.3) is 0 Å². The molecule has 2 aromatic carbocycles. The Balaban J connectivity index is 2.00. The van der Waals surface area contributed by atoms with Gasteiger partial charge in [0.2, 0.25) is 5.91 Å². The molecular formula is C24H28N2O7. The molecule has 176 valence electrons. The van der Waals surface area contributed by atoms with Gasteiger partial charge in [-0.1, -0.05) is 30.3 Å². The van der Waals surface area contributed by atoms with Gasteiger partial charge in [0.25, 0.3) is 0 Å². The molecule has 2 N–H and O–H groups in total. The maximum atomic E-state index is 12.7. The molecule has 2 aromatic rings. The molecule has 0 aliphatic carbocycles. The fourth-order valence-electron chi connectivity index (χ4n) is 2.62. The Morgan fingerprint density at radius 3 is 2.15 bits per heavy atom. The van der Waals surface area contributed by atoms with Crippen LogP contribution in [0.1, 0.15) is 43.1 Å². The summed E-state index contributed by atoms with van der Waals surface area (Å²) in [7, 11) is 1.18. The number of alkyl carbamates (subject to hydrolysis) is 1. The summed E-state index contributed by atoms with van der Waals surface area (Å²) < 4.78 is 15.0. The van der Waals surface area contributed by atoms with E-state index in [1.807, 2.05) is 6.07 Å². The molecule has 0 aromatic heterocycles. The first-order valence-electron chi connectivity index (χ1n) is 10.3. The molecule has 2 amide bonds. The lowest BCUT2D eigenvalue weighted by Crippen LogP contribution is -2.45. The van der Waals surface area contributed by atoms with Crippen LogP contribution in [0.2, 0.25) is 0 Å². The Kier molecular flexibility index (Phi) is 8.97. The summed E-state index contributed by atoms with van der Waals surface area (Å²) in [6.45, 7) is 5.29. The van der Waals surface area contributed by atoms with Gasteiger partial charge in [0.15, 0.2) is 0 Å². The van der Waals surface area contributed by atoms with Crippen molar-refractivity contribution in [3.63, 3.8) is 0 Å². The molecule has 9 nitrogen and oxygen atoms in total. The zero-order valence-electron chi connectivity index (χ0n) is 19.0. The third-order valence-corrected chi connectivity index (χ3v) is 4.21. The summed E-state index contributed by atoms with van der Waals surface area (Å²) in [5, 5.41) is 4.98. The molecule has 0 heterocycles. The Hall–Kier alpha value is -3.88. The number of hydrogen-bond acceptors (Lipinski definition) is 7. The van der Waals surface area contributed by atoms with Crippen LogP contribution < -0.4 is 10.6 Å². The molecule has 0 bridgehead atoms. The van der Waals surface area contributed by atoms with E-state index in [9.17, 15) is 19.2 Å². The third-order valence-electron chi connectivity index (χ3n) is 4.21. The summed E-state index contributed by atoms with van der Waals surface area (Å²) in [5.74, 6) is -1.83. The Bertz CT molecular complexity index is 967. The van der Waals surface area contributed by atoms with Gasteiger partial charge < -0.3 is 24.8 Å². The molecule has 0 aliphatic heterocycles. The van der Waals surface area contributed by atoms with E-state index >= 15 is 0 Å². The van der Waals surface area contributed by atoms with Crippen LogP contribution in [-0.2, 0) is 30.4 Å². The molecule has 0 spiro atoms. The predicted molar refractivity (Wildman–Crippen MR) is 120 cm³/mol. The van der Waals surface area contributed by atoms with E-state index < -0.39 is 42.0 Å². The van der Waals surface area contributed by atoms with Gasteiger partial charge in [0, 0.05) is 5.69 Å². The number of anilines is 1. The number of nitrogens with one attached hydrogen (secondary N) is 2. The number of rotatable bonds is 8. The van der Waals surface area contributed by atoms with Gasteiger partial charge in [-0.15, -0.1) is 0 Å². The van der Waals surface area contributed by atoms with Gasteiger partial charge >= 0.3 is 18.0 Å². The molecule has 0 radical (unpaired) electrons. The molecule has 0 saturated carbocycles. The molecule has 9 heteroatoms. The van der Waals surface area contributed by atoms with Crippen LogP contribution in [0.3, 0.4) is 0 Å². The minimum absolute atomic E-state index is 0.00532. The summed E-state index contributed by atoms with van der Waals surface area (Å²) >= 11 is 0. The van der Waals surface area contributed by atoms with Crippen LogP contribution in [0.15, 0.2) is 54.6 Å². The molecule has 0 fully saturated rings. The summed E-state index contributed by atoms with van der Waals surface area (Å²) in [6.07, 6.45) is -1.25. The zero-order valence-corrected chi connectivity index (χ0v) is 19.0. The van der Waals surface area contributed by atoms with Crippen molar-refractivity contribution in [2.75, 3.05) is 12.4 Å². The van der Waals surface area contributed by atoms with Gasteiger partial charge in [0.05, 0.1) is 19.1 Å².